The van der Waals surface area contributed by atoms with Gasteiger partial charge in [-0.15, -0.1) is 0 Å². The molecule has 0 N–H and O–H groups in total. The Hall–Kier alpha value is -4.07. The van der Waals surface area contributed by atoms with E-state index in [1.165, 1.54) is 97.2 Å². The van der Waals surface area contributed by atoms with E-state index in [2.05, 4.69) is 121 Å². The normalized spacial score (nSPS) is 15.9. The van der Waals surface area contributed by atoms with E-state index in [1.807, 2.05) is 11.8 Å². The summed E-state index contributed by atoms with van der Waals surface area (Å²) >= 11 is 1.90. The molecular formula is C40H30S. The van der Waals surface area contributed by atoms with Crippen molar-refractivity contribution in [2.24, 2.45) is 0 Å². The molecule has 0 bridgehead atoms. The van der Waals surface area contributed by atoms with Gasteiger partial charge in [0.25, 0.3) is 0 Å². The van der Waals surface area contributed by atoms with Crippen LogP contribution in [0, 0.1) is 0 Å². The Labute approximate surface area is 246 Å². The van der Waals surface area contributed by atoms with Crippen molar-refractivity contribution < 1.29 is 0 Å². The molecule has 1 heterocycles. The van der Waals surface area contributed by atoms with Crippen LogP contribution in [-0.4, -0.2) is 0 Å². The Morgan fingerprint density at radius 3 is 2.02 bits per heavy atom. The summed E-state index contributed by atoms with van der Waals surface area (Å²) in [4.78, 5) is 2.69. The zero-order valence-corrected chi connectivity index (χ0v) is 23.8. The lowest BCUT2D eigenvalue weighted by molar-refractivity contribution is 0.353. The number of rotatable bonds is 2. The Morgan fingerprint density at radius 1 is 0.463 bits per heavy atom. The van der Waals surface area contributed by atoms with Crippen LogP contribution in [0.5, 0.6) is 0 Å². The number of hydrogen-bond donors (Lipinski definition) is 0. The van der Waals surface area contributed by atoms with Crippen LogP contribution in [0.2, 0.25) is 0 Å². The van der Waals surface area contributed by atoms with Crippen LogP contribution in [0.1, 0.15) is 43.2 Å². The zero-order valence-electron chi connectivity index (χ0n) is 23.0. The van der Waals surface area contributed by atoms with Crippen molar-refractivity contribution in [3.8, 4) is 44.5 Å². The first-order valence-electron chi connectivity index (χ1n) is 15.0. The van der Waals surface area contributed by atoms with Gasteiger partial charge in [-0.1, -0.05) is 134 Å². The second-order valence-electron chi connectivity index (χ2n) is 11.9. The molecule has 41 heavy (non-hydrogen) atoms. The SMILES string of the molecule is c1ccc(-c2cccc3c2-c2ccccc2C32CCCCC2)c(-c2ccc3c(c2)-c2cccc4cccc(c24)S3)c1. The lowest BCUT2D eigenvalue weighted by Crippen LogP contribution is -2.27. The Bertz CT molecular complexity index is 2000. The van der Waals surface area contributed by atoms with E-state index in [9.17, 15) is 0 Å². The molecule has 1 spiro atoms. The minimum Gasteiger partial charge on any atom is -0.0888 e. The van der Waals surface area contributed by atoms with Crippen LogP contribution < -0.4 is 0 Å². The third kappa shape index (κ3) is 3.36. The van der Waals surface area contributed by atoms with Gasteiger partial charge in [-0.2, -0.15) is 0 Å². The van der Waals surface area contributed by atoms with Crippen LogP contribution in [0.25, 0.3) is 55.3 Å². The molecule has 1 fully saturated rings. The van der Waals surface area contributed by atoms with E-state index in [0.717, 1.165) is 0 Å². The Balaban J connectivity index is 1.25. The van der Waals surface area contributed by atoms with Crippen molar-refractivity contribution >= 4 is 22.5 Å². The first kappa shape index (κ1) is 23.6. The van der Waals surface area contributed by atoms with Crippen LogP contribution >= 0.6 is 11.8 Å². The van der Waals surface area contributed by atoms with Gasteiger partial charge in [-0.3, -0.25) is 0 Å². The number of benzene rings is 6. The molecule has 6 aromatic carbocycles. The van der Waals surface area contributed by atoms with Gasteiger partial charge in [0.1, 0.15) is 0 Å². The first-order chi connectivity index (χ1) is 20.3. The molecule has 1 aliphatic heterocycles. The molecule has 2 aliphatic carbocycles. The second kappa shape index (κ2) is 8.96. The number of hydrogen-bond acceptors (Lipinski definition) is 1. The van der Waals surface area contributed by atoms with Gasteiger partial charge in [0.05, 0.1) is 0 Å². The summed E-state index contributed by atoms with van der Waals surface area (Å²) < 4.78 is 0. The summed E-state index contributed by atoms with van der Waals surface area (Å²) in [5.41, 5.74) is 14.2. The van der Waals surface area contributed by atoms with E-state index in [1.54, 1.807) is 11.1 Å². The van der Waals surface area contributed by atoms with Gasteiger partial charge in [0.15, 0.2) is 0 Å². The molecule has 3 aliphatic rings. The van der Waals surface area contributed by atoms with Gasteiger partial charge in [0.2, 0.25) is 0 Å². The summed E-state index contributed by atoms with van der Waals surface area (Å²) in [6, 6.07) is 45.9. The van der Waals surface area contributed by atoms with E-state index in [4.69, 9.17) is 0 Å². The highest BCUT2D eigenvalue weighted by molar-refractivity contribution is 7.99. The van der Waals surface area contributed by atoms with E-state index < -0.39 is 0 Å². The van der Waals surface area contributed by atoms with Crippen molar-refractivity contribution in [1.29, 1.82) is 0 Å². The maximum atomic E-state index is 2.44. The highest BCUT2D eigenvalue weighted by Crippen LogP contribution is 2.58. The fourth-order valence-electron chi connectivity index (χ4n) is 8.12. The Morgan fingerprint density at radius 2 is 1.15 bits per heavy atom. The lowest BCUT2D eigenvalue weighted by atomic mass is 9.67. The molecule has 0 radical (unpaired) electrons. The van der Waals surface area contributed by atoms with Crippen LogP contribution in [-0.2, 0) is 5.41 Å². The van der Waals surface area contributed by atoms with Gasteiger partial charge in [-0.25, -0.2) is 0 Å². The van der Waals surface area contributed by atoms with Gasteiger partial charge in [0, 0.05) is 20.6 Å². The minimum absolute atomic E-state index is 0.171. The molecule has 0 atom stereocenters. The molecule has 0 aromatic heterocycles. The summed E-state index contributed by atoms with van der Waals surface area (Å²) in [6.45, 7) is 0. The topological polar surface area (TPSA) is 0 Å². The molecule has 9 rings (SSSR count). The summed E-state index contributed by atoms with van der Waals surface area (Å²) in [5.74, 6) is 0. The largest absolute Gasteiger partial charge is 0.0888 e. The predicted molar refractivity (Wildman–Crippen MR) is 174 cm³/mol. The first-order valence-corrected chi connectivity index (χ1v) is 15.8. The average Bonchev–Trinajstić information content (AvgIpc) is 3.31. The van der Waals surface area contributed by atoms with E-state index in [-0.39, 0.29) is 5.41 Å². The summed E-state index contributed by atoms with van der Waals surface area (Å²) in [6.07, 6.45) is 6.51. The molecule has 0 amide bonds. The molecule has 196 valence electrons. The molecule has 0 saturated heterocycles. The highest BCUT2D eigenvalue weighted by atomic mass is 32.2. The molecule has 1 heteroatoms. The smallest absolute Gasteiger partial charge is 0.0215 e. The fourth-order valence-corrected chi connectivity index (χ4v) is 9.25. The minimum atomic E-state index is 0.171. The maximum absolute atomic E-state index is 2.44. The van der Waals surface area contributed by atoms with E-state index >= 15 is 0 Å². The molecule has 0 nitrogen and oxygen atoms in total. The average molecular weight is 543 g/mol. The molecule has 1 saturated carbocycles. The van der Waals surface area contributed by atoms with Crippen LogP contribution in [0.4, 0.5) is 0 Å². The van der Waals surface area contributed by atoms with Crippen molar-refractivity contribution in [3.05, 3.63) is 132 Å². The fraction of sp³-hybridized carbons (Fsp3) is 0.150. The zero-order chi connectivity index (χ0) is 27.0. The quantitative estimate of drug-likeness (QED) is 0.209. The third-order valence-electron chi connectivity index (χ3n) is 9.88. The lowest BCUT2D eigenvalue weighted by Gasteiger charge is -2.36. The van der Waals surface area contributed by atoms with Crippen LogP contribution in [0.15, 0.2) is 131 Å². The van der Waals surface area contributed by atoms with Crippen molar-refractivity contribution in [1.82, 2.24) is 0 Å². The maximum Gasteiger partial charge on any atom is 0.0215 e. The van der Waals surface area contributed by atoms with Crippen molar-refractivity contribution in [3.63, 3.8) is 0 Å². The molecule has 0 unspecified atom stereocenters. The monoisotopic (exact) mass is 542 g/mol. The van der Waals surface area contributed by atoms with Gasteiger partial charge in [-0.05, 0) is 92.1 Å². The molecular weight excluding hydrogens is 513 g/mol. The molecule has 6 aromatic rings. The standard InChI is InChI=1S/C40H30S/c1-6-23-40(24-7-1)34-18-5-4-15-32(34)39-30(17-10-19-35(39)40)29-14-3-2-13-28(29)27-21-22-36-33(25-27)31-16-8-11-26-12-9-20-37(41-36)38(26)31/h2-5,8-22,25H,1,6-7,23-24H2. The van der Waals surface area contributed by atoms with Crippen LogP contribution in [0.3, 0.4) is 0 Å². The third-order valence-corrected chi connectivity index (χ3v) is 11.0. The van der Waals surface area contributed by atoms with Crippen molar-refractivity contribution in [2.45, 2.75) is 47.3 Å². The van der Waals surface area contributed by atoms with Gasteiger partial charge < -0.3 is 0 Å². The predicted octanol–water partition coefficient (Wildman–Crippen LogP) is 11.5. The van der Waals surface area contributed by atoms with Gasteiger partial charge >= 0.3 is 0 Å². The second-order valence-corrected chi connectivity index (χ2v) is 13.0. The van der Waals surface area contributed by atoms with Crippen molar-refractivity contribution in [2.75, 3.05) is 0 Å². The summed E-state index contributed by atoms with van der Waals surface area (Å²) in [7, 11) is 0. The number of fused-ring (bicyclic) bond motifs is 7. The summed E-state index contributed by atoms with van der Waals surface area (Å²) in [5, 5.41) is 2.70. The highest BCUT2D eigenvalue weighted by Gasteiger charge is 2.44. The Kier molecular flexibility index (Phi) is 5.16. The van der Waals surface area contributed by atoms with E-state index in [0.29, 0.717) is 0 Å².